The van der Waals surface area contributed by atoms with Gasteiger partial charge in [-0.2, -0.15) is 0 Å². The summed E-state index contributed by atoms with van der Waals surface area (Å²) in [6.45, 7) is 4.45. The van der Waals surface area contributed by atoms with Crippen LogP contribution in [0.3, 0.4) is 0 Å². The molecule has 1 fully saturated rings. The smallest absolute Gasteiger partial charge is 0.377 e. The van der Waals surface area contributed by atoms with E-state index >= 15 is 0 Å². The van der Waals surface area contributed by atoms with Crippen LogP contribution in [-0.2, 0) is 19.0 Å². The lowest BCUT2D eigenvalue weighted by Gasteiger charge is -2.34. The van der Waals surface area contributed by atoms with Crippen LogP contribution in [0, 0.1) is 5.92 Å². The molecule has 4 heteroatoms. The number of carbonyl (C=O) groups excluding carboxylic acids is 1. The number of hydrogen-bond acceptors (Lipinski definition) is 4. The fourth-order valence-electron chi connectivity index (χ4n) is 2.67. The van der Waals surface area contributed by atoms with Gasteiger partial charge in [-0.05, 0) is 32.6 Å². The molecule has 0 aromatic rings. The van der Waals surface area contributed by atoms with Crippen molar-refractivity contribution in [2.24, 2.45) is 5.92 Å². The average Bonchev–Trinajstić information content (AvgIpc) is 2.40. The maximum Gasteiger partial charge on any atom is 0.377 e. The number of allylic oxidation sites excluding steroid dienone is 1. The zero-order valence-corrected chi connectivity index (χ0v) is 11.2. The van der Waals surface area contributed by atoms with E-state index in [9.17, 15) is 4.79 Å². The van der Waals surface area contributed by atoms with E-state index in [4.69, 9.17) is 14.2 Å². The van der Waals surface area contributed by atoms with Gasteiger partial charge in [-0.1, -0.05) is 19.3 Å². The van der Waals surface area contributed by atoms with E-state index in [1.54, 1.807) is 13.8 Å². The second-order valence-corrected chi connectivity index (χ2v) is 4.97. The highest BCUT2D eigenvalue weighted by Crippen LogP contribution is 2.32. The first kappa shape index (κ1) is 13.2. The van der Waals surface area contributed by atoms with Crippen LogP contribution < -0.4 is 0 Å². The summed E-state index contributed by atoms with van der Waals surface area (Å²) in [5.74, 6) is 0.908. The molecular formula is C14H22O4. The summed E-state index contributed by atoms with van der Waals surface area (Å²) in [6.07, 6.45) is 6.16. The van der Waals surface area contributed by atoms with Gasteiger partial charge >= 0.3 is 5.97 Å². The Kier molecular flexibility index (Phi) is 4.50. The first-order valence-corrected chi connectivity index (χ1v) is 6.89. The Balaban J connectivity index is 2.00. The van der Waals surface area contributed by atoms with E-state index in [0.29, 0.717) is 24.9 Å². The maximum absolute atomic E-state index is 11.8. The van der Waals surface area contributed by atoms with Gasteiger partial charge in [0.05, 0.1) is 6.61 Å². The van der Waals surface area contributed by atoms with E-state index in [2.05, 4.69) is 0 Å². The summed E-state index contributed by atoms with van der Waals surface area (Å²) in [5.41, 5.74) is 0. The topological polar surface area (TPSA) is 44.8 Å². The van der Waals surface area contributed by atoms with Crippen molar-refractivity contribution in [2.75, 3.05) is 13.2 Å². The minimum Gasteiger partial charge on any atom is -0.490 e. The van der Waals surface area contributed by atoms with Crippen molar-refractivity contribution < 1.29 is 19.0 Å². The highest BCUT2D eigenvalue weighted by molar-refractivity contribution is 5.86. The van der Waals surface area contributed by atoms with Crippen LogP contribution in [0.4, 0.5) is 0 Å². The van der Waals surface area contributed by atoms with Gasteiger partial charge in [-0.25, -0.2) is 4.79 Å². The molecule has 0 amide bonds. The molecule has 1 saturated carbocycles. The van der Waals surface area contributed by atoms with Crippen molar-refractivity contribution in [3.63, 3.8) is 0 Å². The van der Waals surface area contributed by atoms with Crippen molar-refractivity contribution >= 4 is 5.97 Å². The third-order valence-electron chi connectivity index (χ3n) is 3.69. The Bertz CT molecular complexity index is 329. The SMILES string of the molecule is CCOC(=O)C1=C(C)OCC(C2CCCCC2)O1. The van der Waals surface area contributed by atoms with E-state index in [1.165, 1.54) is 32.1 Å². The quantitative estimate of drug-likeness (QED) is 0.726. The van der Waals surface area contributed by atoms with Gasteiger partial charge in [0.2, 0.25) is 5.76 Å². The molecule has 0 radical (unpaired) electrons. The molecule has 0 bridgehead atoms. The standard InChI is InChI=1S/C14H22O4/c1-3-16-14(15)13-10(2)17-9-12(18-13)11-7-5-4-6-8-11/h11-12H,3-9H2,1-2H3. The first-order valence-electron chi connectivity index (χ1n) is 6.89. The predicted octanol–water partition coefficient (Wildman–Crippen LogP) is 2.78. The monoisotopic (exact) mass is 254 g/mol. The van der Waals surface area contributed by atoms with Gasteiger partial charge in [0.1, 0.15) is 18.5 Å². The molecule has 0 aromatic heterocycles. The van der Waals surface area contributed by atoms with Crippen molar-refractivity contribution in [3.05, 3.63) is 11.5 Å². The lowest BCUT2D eigenvalue weighted by atomic mass is 9.85. The number of esters is 1. The second kappa shape index (κ2) is 6.12. The van der Waals surface area contributed by atoms with Crippen LogP contribution in [0.1, 0.15) is 46.0 Å². The highest BCUT2D eigenvalue weighted by atomic mass is 16.6. The lowest BCUT2D eigenvalue weighted by Crippen LogP contribution is -2.35. The largest absolute Gasteiger partial charge is 0.490 e. The Morgan fingerprint density at radius 1 is 1.33 bits per heavy atom. The van der Waals surface area contributed by atoms with Gasteiger partial charge in [0, 0.05) is 0 Å². The van der Waals surface area contributed by atoms with Crippen LogP contribution in [-0.4, -0.2) is 25.3 Å². The number of rotatable bonds is 3. The Labute approximate surface area is 108 Å². The molecule has 0 N–H and O–H groups in total. The molecule has 1 atom stereocenters. The lowest BCUT2D eigenvalue weighted by molar-refractivity contribution is -0.148. The van der Waals surface area contributed by atoms with Crippen molar-refractivity contribution in [3.8, 4) is 0 Å². The van der Waals surface area contributed by atoms with Gasteiger partial charge in [-0.3, -0.25) is 0 Å². The van der Waals surface area contributed by atoms with Crippen LogP contribution >= 0.6 is 0 Å². The fraction of sp³-hybridized carbons (Fsp3) is 0.786. The Morgan fingerprint density at radius 3 is 2.72 bits per heavy atom. The zero-order valence-electron chi connectivity index (χ0n) is 11.2. The molecule has 4 nitrogen and oxygen atoms in total. The van der Waals surface area contributed by atoms with Crippen molar-refractivity contribution in [2.45, 2.75) is 52.1 Å². The van der Waals surface area contributed by atoms with Gasteiger partial charge in [0.25, 0.3) is 0 Å². The Morgan fingerprint density at radius 2 is 2.06 bits per heavy atom. The molecule has 1 heterocycles. The van der Waals surface area contributed by atoms with Crippen LogP contribution in [0.25, 0.3) is 0 Å². The average molecular weight is 254 g/mol. The molecule has 0 aromatic carbocycles. The molecule has 2 aliphatic rings. The molecule has 102 valence electrons. The third-order valence-corrected chi connectivity index (χ3v) is 3.69. The summed E-state index contributed by atoms with van der Waals surface area (Å²) in [5, 5.41) is 0. The first-order chi connectivity index (χ1) is 8.72. The molecule has 0 spiro atoms. The summed E-state index contributed by atoms with van der Waals surface area (Å²) < 4.78 is 16.4. The fourth-order valence-corrected chi connectivity index (χ4v) is 2.67. The summed E-state index contributed by atoms with van der Waals surface area (Å²) >= 11 is 0. The third kappa shape index (κ3) is 2.98. The molecule has 1 aliphatic carbocycles. The minimum atomic E-state index is -0.407. The van der Waals surface area contributed by atoms with Crippen molar-refractivity contribution in [1.29, 1.82) is 0 Å². The van der Waals surface area contributed by atoms with E-state index in [-0.39, 0.29) is 11.9 Å². The minimum absolute atomic E-state index is 0.00778. The van der Waals surface area contributed by atoms with Crippen LogP contribution in [0.15, 0.2) is 11.5 Å². The van der Waals surface area contributed by atoms with E-state index < -0.39 is 5.97 Å². The number of hydrogen-bond donors (Lipinski definition) is 0. The normalized spacial score (nSPS) is 25.3. The summed E-state index contributed by atoms with van der Waals surface area (Å²) in [7, 11) is 0. The van der Waals surface area contributed by atoms with E-state index in [0.717, 1.165) is 0 Å². The molecule has 1 aliphatic heterocycles. The number of ether oxygens (including phenoxy) is 3. The Hall–Kier alpha value is -1.19. The molecular weight excluding hydrogens is 232 g/mol. The summed E-state index contributed by atoms with van der Waals surface area (Å²) in [6, 6.07) is 0. The number of carbonyl (C=O) groups is 1. The maximum atomic E-state index is 11.8. The predicted molar refractivity (Wildman–Crippen MR) is 66.7 cm³/mol. The van der Waals surface area contributed by atoms with Crippen LogP contribution in [0.5, 0.6) is 0 Å². The van der Waals surface area contributed by atoms with Gasteiger partial charge < -0.3 is 14.2 Å². The molecule has 1 unspecified atom stereocenters. The molecule has 0 saturated heterocycles. The van der Waals surface area contributed by atoms with Crippen molar-refractivity contribution in [1.82, 2.24) is 0 Å². The molecule has 2 rings (SSSR count). The molecule has 18 heavy (non-hydrogen) atoms. The zero-order chi connectivity index (χ0) is 13.0. The summed E-state index contributed by atoms with van der Waals surface area (Å²) in [4.78, 5) is 11.8. The highest BCUT2D eigenvalue weighted by Gasteiger charge is 2.33. The second-order valence-electron chi connectivity index (χ2n) is 4.97. The van der Waals surface area contributed by atoms with Crippen LogP contribution in [0.2, 0.25) is 0 Å². The van der Waals surface area contributed by atoms with E-state index in [1.807, 2.05) is 0 Å². The van der Waals surface area contributed by atoms with Gasteiger partial charge in [-0.15, -0.1) is 0 Å². The van der Waals surface area contributed by atoms with Gasteiger partial charge in [0.15, 0.2) is 0 Å².